The molecule has 2 aromatic rings. The Kier molecular flexibility index (Phi) is 6.03. The maximum absolute atomic E-state index is 12.6. The van der Waals surface area contributed by atoms with Crippen LogP contribution >= 0.6 is 11.8 Å². The summed E-state index contributed by atoms with van der Waals surface area (Å²) < 4.78 is 10.6. The summed E-state index contributed by atoms with van der Waals surface area (Å²) in [4.78, 5) is 50.6. The monoisotopic (exact) mass is 438 g/mol. The molecule has 0 aromatic heterocycles. The van der Waals surface area contributed by atoms with Crippen LogP contribution in [0.1, 0.15) is 5.56 Å². The lowest BCUT2D eigenvalue weighted by Crippen LogP contribution is -2.70. The number of carbonyl (C=O) groups is 4. The first-order valence-electron chi connectivity index (χ1n) is 9.46. The minimum absolute atomic E-state index is 0.0159. The fourth-order valence-corrected chi connectivity index (χ4v) is 4.20. The predicted octanol–water partition coefficient (Wildman–Crippen LogP) is 1.62. The smallest absolute Gasteiger partial charge is 0.355 e. The first-order chi connectivity index (χ1) is 15.0. The van der Waals surface area contributed by atoms with Gasteiger partial charge in [-0.1, -0.05) is 60.3 Å². The number of hydrogen-bond acceptors (Lipinski definition) is 7. The molecule has 9 heteroatoms. The molecule has 1 fully saturated rings. The van der Waals surface area contributed by atoms with Gasteiger partial charge in [-0.25, -0.2) is 4.79 Å². The summed E-state index contributed by atoms with van der Waals surface area (Å²) >= 11 is 0.867. The van der Waals surface area contributed by atoms with Gasteiger partial charge in [-0.15, -0.1) is 0 Å². The molecule has 1 N–H and O–H groups in total. The summed E-state index contributed by atoms with van der Waals surface area (Å²) in [6.45, 7) is -0.261. The van der Waals surface area contributed by atoms with Crippen LogP contribution in [0.5, 0.6) is 5.75 Å². The number of nitrogens with one attached hydrogen (secondary N) is 1. The number of rotatable bonds is 7. The van der Waals surface area contributed by atoms with E-state index in [1.54, 1.807) is 36.4 Å². The molecule has 0 bridgehead atoms. The van der Waals surface area contributed by atoms with Crippen LogP contribution < -0.4 is 10.1 Å². The van der Waals surface area contributed by atoms with Crippen molar-refractivity contribution < 1.29 is 28.7 Å². The Morgan fingerprint density at radius 3 is 2.39 bits per heavy atom. The predicted molar refractivity (Wildman–Crippen MR) is 111 cm³/mol. The van der Waals surface area contributed by atoms with Crippen molar-refractivity contribution in [3.8, 4) is 5.75 Å². The van der Waals surface area contributed by atoms with E-state index in [1.165, 1.54) is 4.90 Å². The van der Waals surface area contributed by atoms with Crippen molar-refractivity contribution >= 4 is 34.7 Å². The van der Waals surface area contributed by atoms with E-state index < -0.39 is 29.2 Å². The topological polar surface area (TPSA) is 102 Å². The zero-order valence-electron chi connectivity index (χ0n) is 16.2. The Labute approximate surface area is 182 Å². The van der Waals surface area contributed by atoms with Crippen molar-refractivity contribution in [2.45, 2.75) is 18.0 Å². The standard InChI is InChI=1S/C22H18N2O6S/c25-17(13-29-15-9-5-2-6-10-15)23-19-20(27)24-16(11-18(26)31-21(19)24)22(28)30-12-14-7-3-1-4-8-14/h1-11,19,21H,12-13H2,(H,23,25)/t19-,21+/m1/s1. The van der Waals surface area contributed by atoms with Gasteiger partial charge in [-0.2, -0.15) is 0 Å². The van der Waals surface area contributed by atoms with Crippen molar-refractivity contribution in [3.05, 3.63) is 78.0 Å². The fraction of sp³-hybridized carbons (Fsp3) is 0.182. The lowest BCUT2D eigenvalue weighted by atomic mass is 10.1. The summed E-state index contributed by atoms with van der Waals surface area (Å²) in [5, 5.41) is 1.47. The molecule has 0 saturated carbocycles. The first-order valence-corrected chi connectivity index (χ1v) is 10.3. The molecule has 2 aliphatic heterocycles. The number of amides is 2. The number of ether oxygens (including phenoxy) is 2. The highest BCUT2D eigenvalue weighted by Gasteiger charge is 2.54. The zero-order valence-corrected chi connectivity index (χ0v) is 17.0. The average molecular weight is 438 g/mol. The van der Waals surface area contributed by atoms with E-state index in [9.17, 15) is 19.2 Å². The van der Waals surface area contributed by atoms with Gasteiger partial charge in [0.2, 0.25) is 5.12 Å². The van der Waals surface area contributed by atoms with Crippen LogP contribution in [0.4, 0.5) is 0 Å². The van der Waals surface area contributed by atoms with E-state index in [1.807, 2.05) is 24.3 Å². The minimum atomic E-state index is -0.925. The van der Waals surface area contributed by atoms with Crippen molar-refractivity contribution in [2.24, 2.45) is 0 Å². The van der Waals surface area contributed by atoms with Gasteiger partial charge in [0.25, 0.3) is 11.8 Å². The van der Waals surface area contributed by atoms with Crippen molar-refractivity contribution in [1.82, 2.24) is 10.2 Å². The van der Waals surface area contributed by atoms with E-state index in [2.05, 4.69) is 5.32 Å². The molecule has 0 aliphatic carbocycles. The third-order valence-electron chi connectivity index (χ3n) is 4.65. The van der Waals surface area contributed by atoms with Crippen LogP contribution in [0, 0.1) is 0 Å². The van der Waals surface area contributed by atoms with Gasteiger partial charge >= 0.3 is 5.97 Å². The van der Waals surface area contributed by atoms with E-state index in [0.29, 0.717) is 5.75 Å². The maximum Gasteiger partial charge on any atom is 0.355 e. The lowest BCUT2D eigenvalue weighted by Gasteiger charge is -2.47. The SMILES string of the molecule is O=C(COc1ccccc1)N[C@@H]1C(=O)N2C(C(=O)OCc3ccccc3)=CC(=O)S[C@@H]12. The van der Waals surface area contributed by atoms with Gasteiger partial charge in [0, 0.05) is 6.08 Å². The molecule has 0 spiro atoms. The summed E-state index contributed by atoms with van der Waals surface area (Å²) in [6.07, 6.45) is 1.09. The number of carbonyl (C=O) groups excluding carboxylic acids is 4. The molecular weight excluding hydrogens is 420 g/mol. The van der Waals surface area contributed by atoms with E-state index >= 15 is 0 Å². The molecule has 8 nitrogen and oxygen atoms in total. The molecule has 2 aliphatic rings. The third-order valence-corrected chi connectivity index (χ3v) is 5.72. The lowest BCUT2D eigenvalue weighted by molar-refractivity contribution is -0.153. The first kappa shape index (κ1) is 20.7. The van der Waals surface area contributed by atoms with E-state index in [0.717, 1.165) is 23.4 Å². The minimum Gasteiger partial charge on any atom is -0.484 e. The Morgan fingerprint density at radius 2 is 1.68 bits per heavy atom. The van der Waals surface area contributed by atoms with E-state index in [-0.39, 0.29) is 24.0 Å². The highest BCUT2D eigenvalue weighted by Crippen LogP contribution is 2.38. The van der Waals surface area contributed by atoms with Gasteiger partial charge < -0.3 is 14.8 Å². The summed E-state index contributed by atoms with van der Waals surface area (Å²) in [5.74, 6) is -1.24. The molecule has 0 unspecified atom stereocenters. The van der Waals surface area contributed by atoms with Crippen LogP contribution in [0.15, 0.2) is 72.4 Å². The quantitative estimate of drug-likeness (QED) is 0.518. The Bertz CT molecular complexity index is 1040. The average Bonchev–Trinajstić information content (AvgIpc) is 2.80. The number of fused-ring (bicyclic) bond motifs is 1. The van der Waals surface area contributed by atoms with Crippen LogP contribution in [0.3, 0.4) is 0 Å². The largest absolute Gasteiger partial charge is 0.484 e. The number of esters is 1. The Hall–Kier alpha value is -3.59. The molecule has 2 atom stereocenters. The number of hydrogen-bond donors (Lipinski definition) is 1. The van der Waals surface area contributed by atoms with Gasteiger partial charge in [0.15, 0.2) is 6.61 Å². The van der Waals surface area contributed by atoms with Crippen LogP contribution in [0.2, 0.25) is 0 Å². The maximum atomic E-state index is 12.6. The fourth-order valence-electron chi connectivity index (χ4n) is 3.14. The van der Waals surface area contributed by atoms with Crippen LogP contribution in [-0.2, 0) is 30.5 Å². The van der Waals surface area contributed by atoms with Gasteiger partial charge in [-0.3, -0.25) is 19.3 Å². The Balaban J connectivity index is 1.35. The third kappa shape index (κ3) is 4.61. The molecule has 2 heterocycles. The van der Waals surface area contributed by atoms with Crippen LogP contribution in [-0.4, -0.2) is 45.8 Å². The van der Waals surface area contributed by atoms with Crippen molar-refractivity contribution in [3.63, 3.8) is 0 Å². The number of benzene rings is 2. The van der Waals surface area contributed by atoms with Crippen LogP contribution in [0.25, 0.3) is 0 Å². The normalized spacial score (nSPS) is 19.6. The summed E-state index contributed by atoms with van der Waals surface area (Å²) in [6, 6.07) is 16.9. The molecule has 0 radical (unpaired) electrons. The molecule has 2 aromatic carbocycles. The van der Waals surface area contributed by atoms with Gasteiger partial charge in [-0.05, 0) is 17.7 Å². The van der Waals surface area contributed by atoms with E-state index in [4.69, 9.17) is 9.47 Å². The second kappa shape index (κ2) is 9.05. The van der Waals surface area contributed by atoms with Gasteiger partial charge in [0.05, 0.1) is 0 Å². The van der Waals surface area contributed by atoms with Gasteiger partial charge in [0.1, 0.15) is 29.5 Å². The molecule has 2 amide bonds. The second-order valence-electron chi connectivity index (χ2n) is 6.77. The van der Waals surface area contributed by atoms with Crippen molar-refractivity contribution in [1.29, 1.82) is 0 Å². The highest BCUT2D eigenvalue weighted by atomic mass is 32.2. The number of para-hydroxylation sites is 1. The zero-order chi connectivity index (χ0) is 21.8. The number of nitrogens with zero attached hydrogens (tertiary/aromatic N) is 1. The Morgan fingerprint density at radius 1 is 1.00 bits per heavy atom. The number of β-lactam (4-membered cyclic amide) rings is 1. The highest BCUT2D eigenvalue weighted by molar-refractivity contribution is 8.14. The molecule has 31 heavy (non-hydrogen) atoms. The number of thioether (sulfide) groups is 1. The molecule has 4 rings (SSSR count). The molecule has 1 saturated heterocycles. The molecule has 158 valence electrons. The summed E-state index contributed by atoms with van der Waals surface area (Å²) in [7, 11) is 0. The second-order valence-corrected chi connectivity index (χ2v) is 7.89. The summed E-state index contributed by atoms with van der Waals surface area (Å²) in [5.41, 5.74) is 0.656. The molecular formula is C22H18N2O6S. The van der Waals surface area contributed by atoms with Crippen molar-refractivity contribution in [2.75, 3.05) is 6.61 Å².